The third kappa shape index (κ3) is 1.86. The molecule has 3 aromatic rings. The zero-order valence-corrected chi connectivity index (χ0v) is 9.75. The van der Waals surface area contributed by atoms with Crippen LogP contribution >= 0.6 is 0 Å². The predicted octanol–water partition coefficient (Wildman–Crippen LogP) is 2.76. The Morgan fingerprint density at radius 2 is 2.00 bits per heavy atom. The number of aromatic nitrogens is 3. The van der Waals surface area contributed by atoms with Crippen LogP contribution in [0.3, 0.4) is 0 Å². The lowest BCUT2D eigenvalue weighted by Crippen LogP contribution is -1.90. The summed E-state index contributed by atoms with van der Waals surface area (Å²) >= 11 is 0. The van der Waals surface area contributed by atoms with Gasteiger partial charge in [-0.1, -0.05) is 6.07 Å². The Hall–Kier alpha value is -2.56. The number of fused-ring (bicyclic) bond motifs is 1. The molecular formula is C13H11N3O2. The average molecular weight is 241 g/mol. The molecule has 3 rings (SSSR count). The Balaban J connectivity index is 1.98. The molecule has 0 spiro atoms. The lowest BCUT2D eigenvalue weighted by atomic mass is 10.3. The summed E-state index contributed by atoms with van der Waals surface area (Å²) in [5.74, 6) is 1.94. The van der Waals surface area contributed by atoms with Crippen LogP contribution in [0.1, 0.15) is 0 Å². The second-order valence-electron chi connectivity index (χ2n) is 3.70. The molecule has 1 aromatic carbocycles. The summed E-state index contributed by atoms with van der Waals surface area (Å²) in [6.07, 6.45) is 3.27. The van der Waals surface area contributed by atoms with E-state index in [1.165, 1.54) is 6.33 Å². The maximum Gasteiger partial charge on any atom is 0.231 e. The van der Waals surface area contributed by atoms with Gasteiger partial charge in [0.05, 0.1) is 12.5 Å². The number of rotatable bonds is 3. The van der Waals surface area contributed by atoms with Gasteiger partial charge >= 0.3 is 0 Å². The fourth-order valence-corrected chi connectivity index (χ4v) is 1.71. The monoisotopic (exact) mass is 241 g/mol. The van der Waals surface area contributed by atoms with Crippen molar-refractivity contribution in [1.82, 2.24) is 15.0 Å². The molecule has 0 aliphatic carbocycles. The number of nitrogens with zero attached hydrogens (tertiary/aromatic N) is 2. The molecule has 1 N–H and O–H groups in total. The van der Waals surface area contributed by atoms with Crippen LogP contribution in [0.5, 0.6) is 17.4 Å². The van der Waals surface area contributed by atoms with E-state index in [0.717, 1.165) is 16.8 Å². The van der Waals surface area contributed by atoms with Gasteiger partial charge in [0, 0.05) is 12.3 Å². The second kappa shape index (κ2) is 4.37. The zero-order valence-electron chi connectivity index (χ0n) is 9.75. The summed E-state index contributed by atoms with van der Waals surface area (Å²) in [5, 5.41) is 0.848. The quantitative estimate of drug-likeness (QED) is 0.766. The molecule has 2 aromatic heterocycles. The number of benzene rings is 1. The predicted molar refractivity (Wildman–Crippen MR) is 67.0 cm³/mol. The number of hydrogen-bond acceptors (Lipinski definition) is 4. The van der Waals surface area contributed by atoms with Crippen LogP contribution in [0, 0.1) is 0 Å². The standard InChI is InChI=1S/C13H11N3O2/c1-17-9-3-2-4-10(7-9)18-13-11-5-6-14-12(11)15-8-16-13/h2-8H,1H3,(H,14,15,16). The van der Waals surface area contributed by atoms with Gasteiger partial charge in [-0.25, -0.2) is 9.97 Å². The van der Waals surface area contributed by atoms with Gasteiger partial charge < -0.3 is 14.5 Å². The van der Waals surface area contributed by atoms with Crippen LogP contribution in [0.4, 0.5) is 0 Å². The van der Waals surface area contributed by atoms with Crippen LogP contribution in [0.25, 0.3) is 11.0 Å². The van der Waals surface area contributed by atoms with Crippen LogP contribution in [0.2, 0.25) is 0 Å². The van der Waals surface area contributed by atoms with Gasteiger partial charge in [0.15, 0.2) is 0 Å². The SMILES string of the molecule is COc1cccc(Oc2ncnc3[nH]ccc23)c1. The highest BCUT2D eigenvalue weighted by Gasteiger charge is 2.07. The van der Waals surface area contributed by atoms with Gasteiger partial charge in [0.2, 0.25) is 5.88 Å². The molecule has 0 amide bonds. The van der Waals surface area contributed by atoms with E-state index in [1.807, 2.05) is 24.3 Å². The lowest BCUT2D eigenvalue weighted by molar-refractivity contribution is 0.408. The van der Waals surface area contributed by atoms with Crippen molar-refractivity contribution in [1.29, 1.82) is 0 Å². The Bertz CT molecular complexity index is 679. The van der Waals surface area contributed by atoms with Crippen LogP contribution < -0.4 is 9.47 Å². The normalized spacial score (nSPS) is 10.5. The van der Waals surface area contributed by atoms with Gasteiger partial charge in [0.1, 0.15) is 23.5 Å². The molecule has 0 bridgehead atoms. The van der Waals surface area contributed by atoms with Gasteiger partial charge in [-0.2, -0.15) is 0 Å². The molecule has 0 unspecified atom stereocenters. The highest BCUT2D eigenvalue weighted by Crippen LogP contribution is 2.27. The molecular weight excluding hydrogens is 230 g/mol. The van der Waals surface area contributed by atoms with E-state index in [1.54, 1.807) is 19.4 Å². The molecule has 90 valence electrons. The van der Waals surface area contributed by atoms with Crippen molar-refractivity contribution in [2.24, 2.45) is 0 Å². The van der Waals surface area contributed by atoms with Crippen molar-refractivity contribution in [2.45, 2.75) is 0 Å². The maximum atomic E-state index is 5.74. The van der Waals surface area contributed by atoms with E-state index in [4.69, 9.17) is 9.47 Å². The summed E-state index contributed by atoms with van der Waals surface area (Å²) in [7, 11) is 1.62. The van der Waals surface area contributed by atoms with Gasteiger partial charge in [-0.3, -0.25) is 0 Å². The Morgan fingerprint density at radius 1 is 1.11 bits per heavy atom. The first-order valence-corrected chi connectivity index (χ1v) is 5.47. The number of H-pyrrole nitrogens is 1. The van der Waals surface area contributed by atoms with E-state index < -0.39 is 0 Å². The van der Waals surface area contributed by atoms with Crippen molar-refractivity contribution in [2.75, 3.05) is 7.11 Å². The average Bonchev–Trinajstić information content (AvgIpc) is 2.88. The number of hydrogen-bond donors (Lipinski definition) is 1. The first-order chi connectivity index (χ1) is 8.86. The van der Waals surface area contributed by atoms with Crippen molar-refractivity contribution in [3.05, 3.63) is 42.9 Å². The fourth-order valence-electron chi connectivity index (χ4n) is 1.71. The summed E-state index contributed by atoms with van der Waals surface area (Å²) in [5.41, 5.74) is 0.753. The third-order valence-electron chi connectivity index (χ3n) is 2.57. The molecule has 0 saturated carbocycles. The van der Waals surface area contributed by atoms with E-state index in [9.17, 15) is 0 Å². The lowest BCUT2D eigenvalue weighted by Gasteiger charge is -2.06. The summed E-state index contributed by atoms with van der Waals surface area (Å²) in [6, 6.07) is 9.26. The highest BCUT2D eigenvalue weighted by atomic mass is 16.5. The first kappa shape index (κ1) is 10.6. The van der Waals surface area contributed by atoms with E-state index in [2.05, 4.69) is 15.0 Å². The molecule has 0 aliphatic heterocycles. The first-order valence-electron chi connectivity index (χ1n) is 5.47. The van der Waals surface area contributed by atoms with E-state index in [-0.39, 0.29) is 0 Å². The minimum absolute atomic E-state index is 0.523. The molecule has 0 aliphatic rings. The molecule has 5 heteroatoms. The van der Waals surface area contributed by atoms with Gasteiger partial charge in [-0.05, 0) is 18.2 Å². The summed E-state index contributed by atoms with van der Waals surface area (Å²) in [4.78, 5) is 11.3. The van der Waals surface area contributed by atoms with Crippen molar-refractivity contribution < 1.29 is 9.47 Å². The van der Waals surface area contributed by atoms with Crippen LogP contribution in [0.15, 0.2) is 42.9 Å². The second-order valence-corrected chi connectivity index (χ2v) is 3.70. The maximum absolute atomic E-state index is 5.74. The molecule has 18 heavy (non-hydrogen) atoms. The molecule has 0 radical (unpaired) electrons. The van der Waals surface area contributed by atoms with Crippen molar-refractivity contribution >= 4 is 11.0 Å². The minimum Gasteiger partial charge on any atom is -0.497 e. The molecule has 0 atom stereocenters. The largest absolute Gasteiger partial charge is 0.497 e. The Morgan fingerprint density at radius 3 is 2.89 bits per heavy atom. The Labute approximate surface area is 103 Å². The van der Waals surface area contributed by atoms with Crippen molar-refractivity contribution in [3.63, 3.8) is 0 Å². The smallest absolute Gasteiger partial charge is 0.231 e. The van der Waals surface area contributed by atoms with Crippen LogP contribution in [-0.4, -0.2) is 22.1 Å². The van der Waals surface area contributed by atoms with E-state index in [0.29, 0.717) is 11.6 Å². The van der Waals surface area contributed by atoms with Gasteiger partial charge in [0.25, 0.3) is 0 Å². The molecule has 0 saturated heterocycles. The van der Waals surface area contributed by atoms with E-state index >= 15 is 0 Å². The molecule has 2 heterocycles. The van der Waals surface area contributed by atoms with Crippen molar-refractivity contribution in [3.8, 4) is 17.4 Å². The molecule has 5 nitrogen and oxygen atoms in total. The Kier molecular flexibility index (Phi) is 2.57. The highest BCUT2D eigenvalue weighted by molar-refractivity contribution is 5.80. The fraction of sp³-hybridized carbons (Fsp3) is 0.0769. The summed E-state index contributed by atoms with van der Waals surface area (Å²) in [6.45, 7) is 0. The minimum atomic E-state index is 0.523. The number of ether oxygens (including phenoxy) is 2. The van der Waals surface area contributed by atoms with Crippen LogP contribution in [-0.2, 0) is 0 Å². The van der Waals surface area contributed by atoms with Gasteiger partial charge in [-0.15, -0.1) is 0 Å². The topological polar surface area (TPSA) is 60.0 Å². The number of methoxy groups -OCH3 is 1. The number of nitrogens with one attached hydrogen (secondary N) is 1. The summed E-state index contributed by atoms with van der Waals surface area (Å²) < 4.78 is 10.9. The third-order valence-corrected chi connectivity index (χ3v) is 2.57. The molecule has 0 fully saturated rings. The number of aromatic amines is 1. The zero-order chi connectivity index (χ0) is 12.4.